The van der Waals surface area contributed by atoms with Crippen LogP contribution >= 0.6 is 0 Å². The third-order valence-corrected chi connectivity index (χ3v) is 3.07. The van der Waals surface area contributed by atoms with Crippen LogP contribution in [-0.2, 0) is 4.74 Å². The molecule has 1 aliphatic rings. The predicted octanol–water partition coefficient (Wildman–Crippen LogP) is 3.47. The Hall–Kier alpha value is -1.19. The number of nitrogens with zero attached hydrogens (tertiary/aromatic N) is 1. The summed E-state index contributed by atoms with van der Waals surface area (Å²) in [6.45, 7) is 3.71. The lowest BCUT2D eigenvalue weighted by Gasteiger charge is -2.41. The van der Waals surface area contributed by atoms with E-state index in [4.69, 9.17) is 4.74 Å². The van der Waals surface area contributed by atoms with E-state index in [0.717, 1.165) is 4.90 Å². The highest BCUT2D eigenvalue weighted by Gasteiger charge is 2.43. The summed E-state index contributed by atoms with van der Waals surface area (Å²) in [4.78, 5) is 12.8. The van der Waals surface area contributed by atoms with E-state index in [1.165, 1.54) is 20.8 Å². The molecular weight excluding hydrogens is 330 g/mol. The maximum Gasteiger partial charge on any atom is 0.410 e. The summed E-state index contributed by atoms with van der Waals surface area (Å²) < 4.78 is 80.2. The molecule has 1 N–H and O–H groups in total. The lowest BCUT2D eigenvalue weighted by molar-refractivity contribution is -0.156. The minimum Gasteiger partial charge on any atom is -0.444 e. The molecule has 0 aromatic heterocycles. The second-order valence-electron chi connectivity index (χ2n) is 6.53. The Morgan fingerprint density at radius 2 is 1.61 bits per heavy atom. The van der Waals surface area contributed by atoms with Gasteiger partial charge in [0.25, 0.3) is 0 Å². The first-order chi connectivity index (χ1) is 10.2. The Balaban J connectivity index is 2.85. The zero-order valence-corrected chi connectivity index (χ0v) is 13.0. The molecule has 0 aromatic rings. The van der Waals surface area contributed by atoms with Crippen LogP contribution in [0.15, 0.2) is 0 Å². The van der Waals surface area contributed by atoms with Crippen molar-refractivity contribution in [2.24, 2.45) is 0 Å². The van der Waals surface area contributed by atoms with Gasteiger partial charge in [0.2, 0.25) is 0 Å². The number of nitrogens with one attached hydrogen (secondary N) is 1. The van der Waals surface area contributed by atoms with Crippen LogP contribution in [0.4, 0.5) is 31.1 Å². The number of halogens is 6. The van der Waals surface area contributed by atoms with Crippen LogP contribution in [0.5, 0.6) is 0 Å². The third-order valence-electron chi connectivity index (χ3n) is 3.07. The number of hydrogen-bond donors (Lipinski definition) is 1. The van der Waals surface area contributed by atoms with Crippen molar-refractivity contribution in [3.63, 3.8) is 0 Å². The average Bonchev–Trinajstić information content (AvgIpc) is 2.24. The van der Waals surface area contributed by atoms with Crippen LogP contribution < -0.4 is 5.32 Å². The molecule has 1 heterocycles. The van der Waals surface area contributed by atoms with Gasteiger partial charge in [-0.25, -0.2) is 4.79 Å². The third kappa shape index (κ3) is 7.76. The maximum absolute atomic E-state index is 12.6. The highest BCUT2D eigenvalue weighted by molar-refractivity contribution is 5.68. The molecule has 0 aromatic carbocycles. The monoisotopic (exact) mass is 350 g/mol. The zero-order valence-electron chi connectivity index (χ0n) is 13.0. The molecule has 1 rings (SSSR count). The molecule has 4 nitrogen and oxygen atoms in total. The van der Waals surface area contributed by atoms with Gasteiger partial charge in [-0.15, -0.1) is 0 Å². The molecule has 10 heteroatoms. The van der Waals surface area contributed by atoms with E-state index in [1.54, 1.807) is 0 Å². The smallest absolute Gasteiger partial charge is 0.410 e. The molecule has 2 atom stereocenters. The van der Waals surface area contributed by atoms with Crippen molar-refractivity contribution in [3.8, 4) is 0 Å². The molecule has 1 aliphatic heterocycles. The van der Waals surface area contributed by atoms with Crippen LogP contribution in [0.25, 0.3) is 0 Å². The topological polar surface area (TPSA) is 41.6 Å². The van der Waals surface area contributed by atoms with E-state index in [0.29, 0.717) is 0 Å². The highest BCUT2D eigenvalue weighted by Crippen LogP contribution is 2.29. The quantitative estimate of drug-likeness (QED) is 0.776. The Labute approximate surface area is 130 Å². The Morgan fingerprint density at radius 1 is 1.09 bits per heavy atom. The number of carbonyl (C=O) groups is 1. The summed E-state index contributed by atoms with van der Waals surface area (Å²) in [6.07, 6.45) is -12.6. The standard InChI is InChI=1S/C13H20F6N2O2/c1-11(2,3)23-10(22)21-7-8(4-12(14,15)16)20-6-9(21)5-13(17,18)19/h8-9,20H,4-7H2,1-3H3/t8-,9-/m1/s1. The van der Waals surface area contributed by atoms with Crippen LogP contribution in [0.1, 0.15) is 33.6 Å². The lowest BCUT2D eigenvalue weighted by atomic mass is 10.0. The first kappa shape index (κ1) is 19.9. The van der Waals surface area contributed by atoms with Gasteiger partial charge in [-0.2, -0.15) is 26.3 Å². The normalized spacial score (nSPS) is 23.8. The van der Waals surface area contributed by atoms with Crippen molar-refractivity contribution in [3.05, 3.63) is 0 Å². The molecule has 136 valence electrons. The number of alkyl halides is 6. The SMILES string of the molecule is CC(C)(C)OC(=O)N1C[C@@H](CC(F)(F)F)NC[C@H]1CC(F)(F)F. The fourth-order valence-electron chi connectivity index (χ4n) is 2.27. The Morgan fingerprint density at radius 3 is 2.04 bits per heavy atom. The van der Waals surface area contributed by atoms with Gasteiger partial charge in [0, 0.05) is 19.1 Å². The number of hydrogen-bond acceptors (Lipinski definition) is 3. The summed E-state index contributed by atoms with van der Waals surface area (Å²) >= 11 is 0. The van der Waals surface area contributed by atoms with Crippen molar-refractivity contribution in [1.82, 2.24) is 10.2 Å². The first-order valence-electron chi connectivity index (χ1n) is 7.03. The summed E-state index contributed by atoms with van der Waals surface area (Å²) in [6, 6.07) is -2.46. The van der Waals surface area contributed by atoms with Gasteiger partial charge in [0.1, 0.15) is 5.60 Å². The molecule has 1 fully saturated rings. The van der Waals surface area contributed by atoms with Crippen LogP contribution in [-0.4, -0.2) is 54.1 Å². The molecule has 1 saturated heterocycles. The summed E-state index contributed by atoms with van der Waals surface area (Å²) in [7, 11) is 0. The van der Waals surface area contributed by atoms with Gasteiger partial charge < -0.3 is 15.0 Å². The van der Waals surface area contributed by atoms with Crippen molar-refractivity contribution in [2.75, 3.05) is 13.1 Å². The number of rotatable bonds is 2. The van der Waals surface area contributed by atoms with E-state index in [9.17, 15) is 31.1 Å². The van der Waals surface area contributed by atoms with Crippen molar-refractivity contribution in [2.45, 2.75) is 63.7 Å². The Bertz CT molecular complexity index is 416. The van der Waals surface area contributed by atoms with Crippen LogP contribution in [0.3, 0.4) is 0 Å². The van der Waals surface area contributed by atoms with E-state index in [1.807, 2.05) is 0 Å². The summed E-state index contributed by atoms with van der Waals surface area (Å²) in [5.74, 6) is 0. The predicted molar refractivity (Wildman–Crippen MR) is 69.9 cm³/mol. The van der Waals surface area contributed by atoms with E-state index < -0.39 is 55.5 Å². The fraction of sp³-hybridized carbons (Fsp3) is 0.923. The molecular formula is C13H20F6N2O2. The van der Waals surface area contributed by atoms with Gasteiger partial charge in [-0.1, -0.05) is 0 Å². The van der Waals surface area contributed by atoms with E-state index in [-0.39, 0.29) is 6.54 Å². The molecule has 0 aliphatic carbocycles. The van der Waals surface area contributed by atoms with Gasteiger partial charge in [0.05, 0.1) is 18.9 Å². The number of amides is 1. The zero-order chi connectivity index (χ0) is 18.1. The van der Waals surface area contributed by atoms with Gasteiger partial charge in [-0.3, -0.25) is 0 Å². The first-order valence-corrected chi connectivity index (χ1v) is 7.03. The highest BCUT2D eigenvalue weighted by atomic mass is 19.4. The molecule has 0 unspecified atom stereocenters. The lowest BCUT2D eigenvalue weighted by Crippen LogP contribution is -2.60. The largest absolute Gasteiger partial charge is 0.444 e. The number of piperazine rings is 1. The molecule has 0 bridgehead atoms. The molecule has 0 saturated carbocycles. The minimum atomic E-state index is -4.54. The van der Waals surface area contributed by atoms with Gasteiger partial charge in [-0.05, 0) is 20.8 Å². The van der Waals surface area contributed by atoms with Crippen LogP contribution in [0, 0.1) is 0 Å². The van der Waals surface area contributed by atoms with Gasteiger partial charge in [0.15, 0.2) is 0 Å². The molecule has 23 heavy (non-hydrogen) atoms. The fourth-order valence-corrected chi connectivity index (χ4v) is 2.27. The number of ether oxygens (including phenoxy) is 1. The minimum absolute atomic E-state index is 0.375. The summed E-state index contributed by atoms with van der Waals surface area (Å²) in [5, 5.41) is 2.43. The number of carbonyl (C=O) groups excluding carboxylic acids is 1. The van der Waals surface area contributed by atoms with E-state index >= 15 is 0 Å². The molecule has 1 amide bonds. The van der Waals surface area contributed by atoms with Crippen molar-refractivity contribution in [1.29, 1.82) is 0 Å². The van der Waals surface area contributed by atoms with Crippen LogP contribution in [0.2, 0.25) is 0 Å². The molecule has 0 radical (unpaired) electrons. The van der Waals surface area contributed by atoms with Gasteiger partial charge >= 0.3 is 18.4 Å². The second kappa shape index (κ2) is 6.74. The second-order valence-corrected chi connectivity index (χ2v) is 6.53. The summed E-state index contributed by atoms with van der Waals surface area (Å²) in [5.41, 5.74) is -0.954. The van der Waals surface area contributed by atoms with E-state index in [2.05, 4.69) is 5.32 Å². The Kier molecular flexibility index (Phi) is 5.82. The van der Waals surface area contributed by atoms with Crippen molar-refractivity contribution < 1.29 is 35.9 Å². The van der Waals surface area contributed by atoms with Crippen molar-refractivity contribution >= 4 is 6.09 Å². The maximum atomic E-state index is 12.6. The molecule has 0 spiro atoms. The average molecular weight is 350 g/mol.